The molecule has 5 aliphatic rings. The lowest BCUT2D eigenvalue weighted by Gasteiger charge is -2.40. The molecule has 0 fully saturated rings. The highest BCUT2D eigenvalue weighted by atomic mass is 16.5. The lowest BCUT2D eigenvalue weighted by Crippen LogP contribution is -2.32. The maximum atomic E-state index is 7.33. The Hall–Kier alpha value is -11.6. The number of rotatable bonds is 6. The summed E-state index contributed by atoms with van der Waals surface area (Å²) in [5, 5.41) is 4.54. The van der Waals surface area contributed by atoms with Crippen molar-refractivity contribution in [2.75, 3.05) is 4.90 Å². The van der Waals surface area contributed by atoms with Crippen molar-refractivity contribution in [1.82, 2.24) is 0 Å². The van der Waals surface area contributed by atoms with Crippen LogP contribution in [0.5, 0.6) is 11.5 Å². The zero-order valence-corrected chi connectivity index (χ0v) is 49.6. The largest absolute Gasteiger partial charge is 0.455 e. The second-order valence-corrected chi connectivity index (χ2v) is 25.2. The fourth-order valence-corrected chi connectivity index (χ4v) is 17.7. The minimum atomic E-state index is -0.659. The Morgan fingerprint density at radius 1 is 0.220 bits per heavy atom. The first-order chi connectivity index (χ1) is 45.1. The molecule has 0 saturated heterocycles. The van der Waals surface area contributed by atoms with Gasteiger partial charge in [0.15, 0.2) is 0 Å². The summed E-state index contributed by atoms with van der Waals surface area (Å²) >= 11 is 0. The molecule has 0 N–H and O–H groups in total. The molecule has 1 heterocycles. The monoisotopic (exact) mass is 1150 g/mol. The highest BCUT2D eigenvalue weighted by Crippen LogP contribution is 2.67. The predicted octanol–water partition coefficient (Wildman–Crippen LogP) is 22.3. The number of hydrogen-bond acceptors (Lipinski definition) is 2. The molecule has 0 aromatic heterocycles. The first-order valence-corrected chi connectivity index (χ1v) is 31.8. The van der Waals surface area contributed by atoms with Crippen LogP contribution in [0, 0.1) is 0 Å². The van der Waals surface area contributed by atoms with Crippen LogP contribution in [0.15, 0.2) is 334 Å². The number of fused-ring (bicyclic) bond motifs is 26. The molecule has 4 aliphatic carbocycles. The smallest absolute Gasteiger partial charge is 0.140 e. The Kier molecular flexibility index (Phi) is 10.4. The Bertz CT molecular complexity index is 5320. The molecule has 1 aliphatic heterocycles. The van der Waals surface area contributed by atoms with E-state index in [9.17, 15) is 0 Å². The quantitative estimate of drug-likeness (QED) is 0.165. The van der Waals surface area contributed by atoms with Gasteiger partial charge in [-0.05, 0) is 158 Å². The highest BCUT2D eigenvalue weighted by Gasteiger charge is 2.54. The first kappa shape index (κ1) is 50.4. The SMILES string of the molecule is c1ccc(C2(c3ccccc3)c3ccccc3-c3cc(N(c4ccc(-c5cccc6c5-c5ccccc5C65c6ccc7ccccc7c6Oc6c5ccc5ccccc65)cc4)c4ccc5c(c4)-c4ccccc4C54c5ccccc5-c5ccccc54)ccc32)cc1. The third-order valence-corrected chi connectivity index (χ3v) is 21.2. The van der Waals surface area contributed by atoms with Crippen LogP contribution in [-0.2, 0) is 16.2 Å². The third kappa shape index (κ3) is 6.50. The van der Waals surface area contributed by atoms with Gasteiger partial charge in [-0.25, -0.2) is 0 Å². The molecule has 0 bridgehead atoms. The lowest BCUT2D eigenvalue weighted by atomic mass is 9.65. The van der Waals surface area contributed by atoms with Gasteiger partial charge in [0.1, 0.15) is 11.5 Å². The van der Waals surface area contributed by atoms with Crippen LogP contribution in [0.1, 0.15) is 66.8 Å². The summed E-state index contributed by atoms with van der Waals surface area (Å²) in [6.07, 6.45) is 0. The van der Waals surface area contributed by atoms with E-state index in [0.717, 1.165) is 66.8 Å². The molecule has 0 unspecified atom stereocenters. The maximum absolute atomic E-state index is 7.33. The van der Waals surface area contributed by atoms with Crippen molar-refractivity contribution in [3.05, 3.63) is 400 Å². The van der Waals surface area contributed by atoms with Gasteiger partial charge in [0, 0.05) is 39.0 Å². The first-order valence-electron chi connectivity index (χ1n) is 31.8. The molecule has 15 aromatic carbocycles. The van der Waals surface area contributed by atoms with E-state index < -0.39 is 16.2 Å². The van der Waals surface area contributed by atoms with Gasteiger partial charge in [-0.3, -0.25) is 0 Å². The van der Waals surface area contributed by atoms with Gasteiger partial charge in [-0.15, -0.1) is 0 Å². The Labute approximate surface area is 528 Å². The number of hydrogen-bond donors (Lipinski definition) is 0. The zero-order valence-electron chi connectivity index (χ0n) is 49.6. The minimum Gasteiger partial charge on any atom is -0.455 e. The normalized spacial score (nSPS) is 14.5. The van der Waals surface area contributed by atoms with E-state index in [1.54, 1.807) is 0 Å². The highest BCUT2D eigenvalue weighted by molar-refractivity contribution is 6.03. The molecule has 0 saturated carbocycles. The Morgan fingerprint density at radius 2 is 0.571 bits per heavy atom. The van der Waals surface area contributed by atoms with E-state index in [-0.39, 0.29) is 0 Å². The van der Waals surface area contributed by atoms with E-state index >= 15 is 0 Å². The summed E-state index contributed by atoms with van der Waals surface area (Å²) in [4.78, 5) is 2.51. The molecule has 2 nitrogen and oxygen atoms in total. The van der Waals surface area contributed by atoms with E-state index in [4.69, 9.17) is 4.74 Å². The van der Waals surface area contributed by atoms with Gasteiger partial charge < -0.3 is 9.64 Å². The second kappa shape index (κ2) is 18.7. The minimum absolute atomic E-state index is 0.455. The van der Waals surface area contributed by atoms with Gasteiger partial charge >= 0.3 is 0 Å². The summed E-state index contributed by atoms with van der Waals surface area (Å²) in [6.45, 7) is 0. The van der Waals surface area contributed by atoms with Gasteiger partial charge in [0.05, 0.1) is 16.2 Å². The molecule has 2 heteroatoms. The fourth-order valence-electron chi connectivity index (χ4n) is 17.7. The number of anilines is 3. The van der Waals surface area contributed by atoms with E-state index in [2.05, 4.69) is 339 Å². The summed E-state index contributed by atoms with van der Waals surface area (Å²) in [6, 6.07) is 125. The van der Waals surface area contributed by atoms with Gasteiger partial charge in [-0.1, -0.05) is 297 Å². The summed E-state index contributed by atoms with van der Waals surface area (Å²) in [5.41, 5.74) is 29.3. The predicted molar refractivity (Wildman–Crippen MR) is 373 cm³/mol. The van der Waals surface area contributed by atoms with Crippen LogP contribution >= 0.6 is 0 Å². The molecule has 0 radical (unpaired) electrons. The van der Waals surface area contributed by atoms with Crippen molar-refractivity contribution in [1.29, 1.82) is 0 Å². The van der Waals surface area contributed by atoms with Crippen LogP contribution in [0.4, 0.5) is 17.1 Å². The standard InChI is InChI=1S/C89H55NO/c1-3-24-59(25-4-1)87(60-26-5-2-6-27-60)74-36-16-13-32-69(74)72-54-62(48-52-79(72)87)90(63-49-53-80-73(55-63)70-33-14-19-39-77(70)88(80)75-37-17-11-30-67(75)68-31-12-18-38-76(68)88)61-46-42-58(43-47-61)64-35-21-41-81-84(64)71-34-15-20-40-78(71)89(81)82-50-44-56-22-7-9-28-65(56)85(82)91-86-66-29-10-8-23-57(66)45-51-83(86)89/h1-55H. The fraction of sp³-hybridized carbons (Fsp3) is 0.0337. The molecule has 15 aromatic rings. The maximum Gasteiger partial charge on any atom is 0.140 e. The van der Waals surface area contributed by atoms with E-state index in [0.29, 0.717) is 0 Å². The van der Waals surface area contributed by atoms with Gasteiger partial charge in [-0.2, -0.15) is 0 Å². The van der Waals surface area contributed by atoms with Crippen LogP contribution in [0.25, 0.3) is 77.2 Å². The zero-order chi connectivity index (χ0) is 59.6. The Balaban J connectivity index is 0.799. The van der Waals surface area contributed by atoms with E-state index in [1.165, 1.54) is 106 Å². The average molecular weight is 1150 g/mol. The lowest BCUT2D eigenvalue weighted by molar-refractivity contribution is 0.447. The topological polar surface area (TPSA) is 12.5 Å². The summed E-state index contributed by atoms with van der Waals surface area (Å²) in [7, 11) is 0. The van der Waals surface area contributed by atoms with Crippen LogP contribution in [-0.4, -0.2) is 0 Å². The molecule has 20 rings (SSSR count). The average Bonchev–Trinajstić information content (AvgIpc) is 1.58. The molecule has 422 valence electrons. The van der Waals surface area contributed by atoms with Crippen molar-refractivity contribution in [2.45, 2.75) is 16.2 Å². The van der Waals surface area contributed by atoms with Crippen molar-refractivity contribution >= 4 is 38.6 Å². The van der Waals surface area contributed by atoms with Crippen LogP contribution < -0.4 is 9.64 Å². The number of ether oxygens (including phenoxy) is 1. The molecule has 91 heavy (non-hydrogen) atoms. The van der Waals surface area contributed by atoms with Gasteiger partial charge in [0.2, 0.25) is 0 Å². The summed E-state index contributed by atoms with van der Waals surface area (Å²) in [5.74, 6) is 1.84. The molecule has 0 atom stereocenters. The van der Waals surface area contributed by atoms with Crippen molar-refractivity contribution in [3.63, 3.8) is 0 Å². The van der Waals surface area contributed by atoms with Gasteiger partial charge in [0.25, 0.3) is 0 Å². The summed E-state index contributed by atoms with van der Waals surface area (Å²) < 4.78 is 7.33. The second-order valence-electron chi connectivity index (χ2n) is 25.2. The molecule has 2 spiro atoms. The molecule has 0 amide bonds. The third-order valence-electron chi connectivity index (χ3n) is 21.2. The van der Waals surface area contributed by atoms with E-state index in [1.807, 2.05) is 0 Å². The number of benzene rings is 15. The van der Waals surface area contributed by atoms with Crippen molar-refractivity contribution < 1.29 is 4.74 Å². The molecular weight excluding hydrogens is 1100 g/mol. The molecular formula is C89H55NO. The van der Waals surface area contributed by atoms with Crippen LogP contribution in [0.2, 0.25) is 0 Å². The van der Waals surface area contributed by atoms with Crippen molar-refractivity contribution in [2.24, 2.45) is 0 Å². The number of nitrogens with zero attached hydrogens (tertiary/aromatic N) is 1. The van der Waals surface area contributed by atoms with Crippen LogP contribution in [0.3, 0.4) is 0 Å². The van der Waals surface area contributed by atoms with Crippen molar-refractivity contribution in [3.8, 4) is 67.1 Å². The Morgan fingerprint density at radius 3 is 1.09 bits per heavy atom.